The molecule has 1 aliphatic rings. The van der Waals surface area contributed by atoms with Crippen molar-refractivity contribution in [2.75, 3.05) is 32.8 Å². The van der Waals surface area contributed by atoms with Crippen LogP contribution < -0.4 is 5.32 Å². The normalized spacial score (nSPS) is 19.6. The van der Waals surface area contributed by atoms with Gasteiger partial charge >= 0.3 is 5.97 Å². The molecular weight excluding hydrogens is 379 g/mol. The number of rotatable bonds is 4. The molecule has 1 N–H and O–H groups in total. The van der Waals surface area contributed by atoms with Crippen molar-refractivity contribution in [1.29, 1.82) is 0 Å². The Morgan fingerprint density at radius 1 is 1.33 bits per heavy atom. The fourth-order valence-corrected chi connectivity index (χ4v) is 3.13. The average molecular weight is 402 g/mol. The Morgan fingerprint density at radius 2 is 2.05 bits per heavy atom. The lowest BCUT2D eigenvalue weighted by atomic mass is 9.89. The maximum Gasteiger partial charge on any atom is 0.330 e. The third kappa shape index (κ3) is 3.76. The summed E-state index contributed by atoms with van der Waals surface area (Å²) in [5.41, 5.74) is 0.287. The van der Waals surface area contributed by atoms with Gasteiger partial charge in [-0.05, 0) is 67.1 Å². The number of halogens is 1. The van der Waals surface area contributed by atoms with E-state index in [-0.39, 0.29) is 5.97 Å². The van der Waals surface area contributed by atoms with Gasteiger partial charge in [-0.2, -0.15) is 0 Å². The minimum absolute atomic E-state index is 0.159. The zero-order chi connectivity index (χ0) is 15.3. The van der Waals surface area contributed by atoms with Crippen LogP contribution >= 0.6 is 22.6 Å². The van der Waals surface area contributed by atoms with Crippen LogP contribution in [0.25, 0.3) is 0 Å². The lowest BCUT2D eigenvalue weighted by molar-refractivity contribution is -0.157. The Morgan fingerprint density at radius 3 is 2.71 bits per heavy atom. The molecule has 21 heavy (non-hydrogen) atoms. The molecule has 0 aromatic heterocycles. The van der Waals surface area contributed by atoms with E-state index in [1.54, 1.807) is 0 Å². The molecule has 1 atom stereocenters. The molecule has 1 fully saturated rings. The number of nitrogens with zero attached hydrogens (tertiary/aromatic N) is 1. The Kier molecular flexibility index (Phi) is 6.01. The molecule has 0 bridgehead atoms. The molecule has 1 aromatic rings. The molecule has 0 aliphatic carbocycles. The molecule has 0 radical (unpaired) electrons. The van der Waals surface area contributed by atoms with Crippen LogP contribution in [0.15, 0.2) is 24.3 Å². The number of hydrogen-bond acceptors (Lipinski definition) is 4. The highest BCUT2D eigenvalue weighted by atomic mass is 127. The van der Waals surface area contributed by atoms with Crippen molar-refractivity contribution in [3.63, 3.8) is 0 Å². The van der Waals surface area contributed by atoms with Crippen molar-refractivity contribution >= 4 is 28.6 Å². The second kappa shape index (κ2) is 7.56. The predicted molar refractivity (Wildman–Crippen MR) is 92.2 cm³/mol. The third-order valence-electron chi connectivity index (χ3n) is 4.05. The molecule has 0 saturated carbocycles. The summed E-state index contributed by atoms with van der Waals surface area (Å²) in [5.74, 6) is -0.159. The smallest absolute Gasteiger partial charge is 0.330 e. The summed E-state index contributed by atoms with van der Waals surface area (Å²) in [7, 11) is 0. The summed E-state index contributed by atoms with van der Waals surface area (Å²) >= 11 is 2.28. The fraction of sp³-hybridized carbons (Fsp3) is 0.562. The number of benzene rings is 1. The maximum atomic E-state index is 12.7. The first kappa shape index (κ1) is 16.7. The van der Waals surface area contributed by atoms with Crippen LogP contribution in [0.2, 0.25) is 0 Å². The number of carbonyl (C=O) groups excluding carboxylic acids is 1. The van der Waals surface area contributed by atoms with Gasteiger partial charge in [0.15, 0.2) is 0 Å². The molecule has 116 valence electrons. The predicted octanol–water partition coefficient (Wildman–Crippen LogP) is 2.36. The van der Waals surface area contributed by atoms with Gasteiger partial charge < -0.3 is 10.1 Å². The van der Waals surface area contributed by atoms with Crippen molar-refractivity contribution in [1.82, 2.24) is 10.2 Å². The molecule has 0 amide bonds. The fourth-order valence-electron chi connectivity index (χ4n) is 2.77. The van der Waals surface area contributed by atoms with Gasteiger partial charge in [0.25, 0.3) is 0 Å². The van der Waals surface area contributed by atoms with Crippen LogP contribution in [-0.2, 0) is 15.1 Å². The van der Waals surface area contributed by atoms with Gasteiger partial charge in [-0.25, -0.2) is 4.79 Å². The van der Waals surface area contributed by atoms with E-state index in [9.17, 15) is 4.79 Å². The Hall–Kier alpha value is -0.660. The van der Waals surface area contributed by atoms with Gasteiger partial charge in [-0.15, -0.1) is 0 Å². The van der Waals surface area contributed by atoms with E-state index in [1.807, 2.05) is 38.1 Å². The number of nitrogens with one attached hydrogen (secondary N) is 1. The minimum Gasteiger partial charge on any atom is -0.464 e. The van der Waals surface area contributed by atoms with E-state index in [0.29, 0.717) is 6.61 Å². The first-order chi connectivity index (χ1) is 10.1. The van der Waals surface area contributed by atoms with Crippen LogP contribution in [-0.4, -0.2) is 43.7 Å². The van der Waals surface area contributed by atoms with E-state index in [1.165, 1.54) is 3.57 Å². The monoisotopic (exact) mass is 402 g/mol. The van der Waals surface area contributed by atoms with E-state index >= 15 is 0 Å². The van der Waals surface area contributed by atoms with Crippen molar-refractivity contribution in [3.8, 4) is 0 Å². The Labute approximate surface area is 140 Å². The SMILES string of the molecule is CCOC(=O)C(C)(c1ccc(I)cc1)N1CCCNCC1. The number of carbonyl (C=O) groups is 1. The second-order valence-electron chi connectivity index (χ2n) is 5.39. The van der Waals surface area contributed by atoms with Crippen molar-refractivity contribution in [2.24, 2.45) is 0 Å². The summed E-state index contributed by atoms with van der Waals surface area (Å²) in [4.78, 5) is 14.9. The molecular formula is C16H23IN2O2. The number of hydrogen-bond donors (Lipinski definition) is 1. The van der Waals surface area contributed by atoms with Crippen LogP contribution in [0.3, 0.4) is 0 Å². The molecule has 1 aliphatic heterocycles. The molecule has 5 heteroatoms. The molecule has 1 aromatic carbocycles. The highest BCUT2D eigenvalue weighted by Crippen LogP contribution is 2.31. The summed E-state index contributed by atoms with van der Waals surface area (Å²) in [5, 5.41) is 3.39. The lowest BCUT2D eigenvalue weighted by Gasteiger charge is -2.38. The van der Waals surface area contributed by atoms with E-state index in [2.05, 4.69) is 32.8 Å². The molecule has 1 heterocycles. The topological polar surface area (TPSA) is 41.6 Å². The van der Waals surface area contributed by atoms with Crippen molar-refractivity contribution in [2.45, 2.75) is 25.8 Å². The largest absolute Gasteiger partial charge is 0.464 e. The quantitative estimate of drug-likeness (QED) is 0.621. The van der Waals surface area contributed by atoms with Gasteiger partial charge in [0, 0.05) is 23.2 Å². The summed E-state index contributed by atoms with van der Waals surface area (Å²) < 4.78 is 6.55. The van der Waals surface area contributed by atoms with Crippen LogP contribution in [0.1, 0.15) is 25.8 Å². The number of esters is 1. The van der Waals surface area contributed by atoms with Gasteiger partial charge in [-0.3, -0.25) is 4.90 Å². The number of ether oxygens (including phenoxy) is 1. The summed E-state index contributed by atoms with van der Waals surface area (Å²) in [6, 6.07) is 8.17. The van der Waals surface area contributed by atoms with Crippen molar-refractivity contribution < 1.29 is 9.53 Å². The zero-order valence-corrected chi connectivity index (χ0v) is 14.9. The van der Waals surface area contributed by atoms with Gasteiger partial charge in [-0.1, -0.05) is 12.1 Å². The molecule has 4 nitrogen and oxygen atoms in total. The molecule has 2 rings (SSSR count). The second-order valence-corrected chi connectivity index (χ2v) is 6.64. The van der Waals surface area contributed by atoms with Gasteiger partial charge in [0.1, 0.15) is 5.54 Å². The standard InChI is InChI=1S/C16H23IN2O2/c1-3-21-15(20)16(2,13-5-7-14(17)8-6-13)19-11-4-9-18-10-12-19/h5-8,18H,3-4,9-12H2,1-2H3. The van der Waals surface area contributed by atoms with Crippen molar-refractivity contribution in [3.05, 3.63) is 33.4 Å². The van der Waals surface area contributed by atoms with Gasteiger partial charge in [0.2, 0.25) is 0 Å². The minimum atomic E-state index is -0.716. The highest BCUT2D eigenvalue weighted by Gasteiger charge is 2.42. The highest BCUT2D eigenvalue weighted by molar-refractivity contribution is 14.1. The maximum absolute atomic E-state index is 12.7. The molecule has 1 saturated heterocycles. The zero-order valence-electron chi connectivity index (χ0n) is 12.7. The molecule has 0 spiro atoms. The van der Waals surface area contributed by atoms with Gasteiger partial charge in [0.05, 0.1) is 6.61 Å². The van der Waals surface area contributed by atoms with Crippen LogP contribution in [0, 0.1) is 3.57 Å². The summed E-state index contributed by atoms with van der Waals surface area (Å²) in [6.07, 6.45) is 1.04. The van der Waals surface area contributed by atoms with Crippen LogP contribution in [0.4, 0.5) is 0 Å². The van der Waals surface area contributed by atoms with E-state index in [4.69, 9.17) is 4.74 Å². The molecule has 1 unspecified atom stereocenters. The third-order valence-corrected chi connectivity index (χ3v) is 4.77. The first-order valence-corrected chi connectivity index (χ1v) is 8.56. The van der Waals surface area contributed by atoms with E-state index < -0.39 is 5.54 Å². The van der Waals surface area contributed by atoms with E-state index in [0.717, 1.165) is 38.2 Å². The first-order valence-electron chi connectivity index (χ1n) is 7.48. The Balaban J connectivity index is 2.37. The van der Waals surface area contributed by atoms with Crippen LogP contribution in [0.5, 0.6) is 0 Å². The summed E-state index contributed by atoms with van der Waals surface area (Å²) in [6.45, 7) is 7.90. The average Bonchev–Trinajstić information content (AvgIpc) is 2.77. The Bertz CT molecular complexity index is 470. The lowest BCUT2D eigenvalue weighted by Crippen LogP contribution is -2.52.